The summed E-state index contributed by atoms with van der Waals surface area (Å²) in [5.41, 5.74) is -0.554. The highest BCUT2D eigenvalue weighted by molar-refractivity contribution is 7.89. The van der Waals surface area contributed by atoms with Crippen molar-refractivity contribution in [2.24, 2.45) is 23.2 Å². The lowest BCUT2D eigenvalue weighted by Crippen LogP contribution is -2.42. The Morgan fingerprint density at radius 3 is 2.52 bits per heavy atom. The second-order valence-corrected chi connectivity index (χ2v) is 15.6. The van der Waals surface area contributed by atoms with Gasteiger partial charge < -0.3 is 19.9 Å². The first kappa shape index (κ1) is 32.6. The number of sulfonamides is 1. The minimum atomic E-state index is -3.58. The lowest BCUT2D eigenvalue weighted by molar-refractivity contribution is -0.00589. The summed E-state index contributed by atoms with van der Waals surface area (Å²) in [4.78, 5) is 24.9. The first-order chi connectivity index (χ1) is 19.5. The van der Waals surface area contributed by atoms with E-state index in [2.05, 4.69) is 40.8 Å². The summed E-state index contributed by atoms with van der Waals surface area (Å²) in [6, 6.07) is 0. The summed E-state index contributed by atoms with van der Waals surface area (Å²) in [5, 5.41) is 3.13. The molecule has 13 heteroatoms. The van der Waals surface area contributed by atoms with Gasteiger partial charge in [-0.15, -0.1) is 0 Å². The Balaban J connectivity index is 1.36. The Labute approximate surface area is 249 Å². The Morgan fingerprint density at radius 1 is 1.21 bits per heavy atom. The summed E-state index contributed by atoms with van der Waals surface area (Å²) >= 11 is 0. The fourth-order valence-electron chi connectivity index (χ4n) is 6.26. The number of fused-ring (bicyclic) bond motifs is 2. The third kappa shape index (κ3) is 7.43. The monoisotopic (exact) mass is 614 g/mol. The van der Waals surface area contributed by atoms with Crippen molar-refractivity contribution in [3.63, 3.8) is 0 Å². The zero-order chi connectivity index (χ0) is 31.1. The maximum Gasteiger partial charge on any atom is 0.410 e. The molecule has 2 fully saturated rings. The van der Waals surface area contributed by atoms with Crippen LogP contribution in [0.15, 0.2) is 0 Å². The first-order valence-electron chi connectivity index (χ1n) is 15.2. The number of halogens is 2. The number of alkyl halides is 2. The molecule has 2 heterocycles. The third-order valence-electron chi connectivity index (χ3n) is 8.59. The molecule has 10 nitrogen and oxygen atoms in total. The number of anilines is 2. The highest BCUT2D eigenvalue weighted by Gasteiger charge is 2.67. The van der Waals surface area contributed by atoms with Gasteiger partial charge >= 0.3 is 6.09 Å². The van der Waals surface area contributed by atoms with Crippen LogP contribution in [-0.2, 0) is 27.1 Å². The van der Waals surface area contributed by atoms with Crippen LogP contribution in [0.5, 0.6) is 0 Å². The molecule has 2 aliphatic carbocycles. The van der Waals surface area contributed by atoms with Gasteiger partial charge in [0.1, 0.15) is 17.1 Å². The highest BCUT2D eigenvalue weighted by Crippen LogP contribution is 2.64. The second kappa shape index (κ2) is 12.0. The molecular formula is C29H48F2N6O4S. The minimum Gasteiger partial charge on any atom is -0.444 e. The molecule has 3 atom stereocenters. The van der Waals surface area contributed by atoms with Gasteiger partial charge in [-0.2, -0.15) is 13.8 Å². The van der Waals surface area contributed by atoms with Gasteiger partial charge in [0.05, 0.1) is 5.75 Å². The zero-order valence-electron chi connectivity index (χ0n) is 26.1. The van der Waals surface area contributed by atoms with E-state index in [0.29, 0.717) is 43.5 Å². The van der Waals surface area contributed by atoms with Crippen molar-refractivity contribution >= 4 is 27.9 Å². The number of ether oxygens (including phenoxy) is 1. The Morgan fingerprint density at radius 2 is 1.93 bits per heavy atom. The molecule has 0 radical (unpaired) electrons. The lowest BCUT2D eigenvalue weighted by atomic mass is 10.1. The number of carbonyl (C=O) groups is 1. The van der Waals surface area contributed by atoms with Crippen LogP contribution in [0, 0.1) is 23.2 Å². The maximum atomic E-state index is 14.7. The average Bonchev–Trinajstić information content (AvgIpc) is 3.12. The van der Waals surface area contributed by atoms with Crippen LogP contribution in [-0.4, -0.2) is 80.0 Å². The highest BCUT2D eigenvalue weighted by atomic mass is 32.2. The largest absolute Gasteiger partial charge is 0.444 e. The lowest BCUT2D eigenvalue weighted by Gasteiger charge is -2.27. The second-order valence-electron chi connectivity index (χ2n) is 13.8. The molecule has 1 saturated carbocycles. The molecule has 0 aromatic carbocycles. The fourth-order valence-corrected chi connectivity index (χ4v) is 7.86. The SMILES string of the molecule is CCCN(CCNS(=O)(=O)C[C@@H]1[C@H]2CN(c3nc(NCCC(C)C)nc4c3CCC4(F)F)C[C@]21C)C(=O)OC(C)(C)C. The van der Waals surface area contributed by atoms with Gasteiger partial charge in [0.25, 0.3) is 5.92 Å². The van der Waals surface area contributed by atoms with Crippen molar-refractivity contribution in [1.82, 2.24) is 19.6 Å². The number of rotatable bonds is 13. The van der Waals surface area contributed by atoms with Gasteiger partial charge in [0.15, 0.2) is 0 Å². The zero-order valence-corrected chi connectivity index (χ0v) is 26.9. The van der Waals surface area contributed by atoms with Crippen molar-refractivity contribution in [3.05, 3.63) is 11.3 Å². The van der Waals surface area contributed by atoms with Crippen LogP contribution < -0.4 is 14.9 Å². The molecule has 1 saturated heterocycles. The molecule has 3 aliphatic rings. The van der Waals surface area contributed by atoms with Gasteiger partial charge in [-0.1, -0.05) is 27.7 Å². The van der Waals surface area contributed by atoms with Gasteiger partial charge in [-0.3, -0.25) is 0 Å². The van der Waals surface area contributed by atoms with Crippen molar-refractivity contribution in [2.75, 3.05) is 55.2 Å². The normalized spacial score (nSPS) is 24.5. The van der Waals surface area contributed by atoms with Gasteiger partial charge in [-0.05, 0) is 63.2 Å². The number of piperidine rings is 1. The summed E-state index contributed by atoms with van der Waals surface area (Å²) in [7, 11) is -3.58. The van der Waals surface area contributed by atoms with Gasteiger partial charge in [-0.25, -0.2) is 22.9 Å². The van der Waals surface area contributed by atoms with Crippen LogP contribution in [0.3, 0.4) is 0 Å². The quantitative estimate of drug-likeness (QED) is 0.331. The molecular weight excluding hydrogens is 566 g/mol. The molecule has 1 aromatic heterocycles. The maximum absolute atomic E-state index is 14.7. The Kier molecular flexibility index (Phi) is 9.33. The van der Waals surface area contributed by atoms with Crippen molar-refractivity contribution in [3.8, 4) is 0 Å². The van der Waals surface area contributed by atoms with Crippen LogP contribution >= 0.6 is 0 Å². The van der Waals surface area contributed by atoms with E-state index in [-0.39, 0.29) is 60.6 Å². The van der Waals surface area contributed by atoms with Crippen molar-refractivity contribution < 1.29 is 26.7 Å². The predicted octanol–water partition coefficient (Wildman–Crippen LogP) is 4.61. The van der Waals surface area contributed by atoms with Gasteiger partial charge in [0.2, 0.25) is 16.0 Å². The summed E-state index contributed by atoms with van der Waals surface area (Å²) in [6.45, 7) is 16.1. The van der Waals surface area contributed by atoms with E-state index in [4.69, 9.17) is 4.74 Å². The third-order valence-corrected chi connectivity index (χ3v) is 10.0. The number of hydrogen-bond donors (Lipinski definition) is 2. The molecule has 1 amide bonds. The van der Waals surface area contributed by atoms with E-state index in [1.807, 2.05) is 11.8 Å². The van der Waals surface area contributed by atoms with Crippen molar-refractivity contribution in [2.45, 2.75) is 85.7 Å². The van der Waals surface area contributed by atoms with E-state index in [0.717, 1.165) is 12.8 Å². The molecule has 0 bridgehead atoms. The molecule has 2 N–H and O–H groups in total. The van der Waals surface area contributed by atoms with Crippen LogP contribution in [0.2, 0.25) is 0 Å². The topological polar surface area (TPSA) is 117 Å². The number of hydrogen-bond acceptors (Lipinski definition) is 8. The number of aromatic nitrogens is 2. The molecule has 1 aromatic rings. The van der Waals surface area contributed by atoms with E-state index in [1.54, 1.807) is 20.8 Å². The molecule has 238 valence electrons. The van der Waals surface area contributed by atoms with Gasteiger partial charge in [0, 0.05) is 51.3 Å². The number of amides is 1. The molecule has 0 spiro atoms. The number of nitrogens with zero attached hydrogens (tertiary/aromatic N) is 4. The van der Waals surface area contributed by atoms with Crippen LogP contribution in [0.1, 0.15) is 79.0 Å². The molecule has 1 aliphatic heterocycles. The summed E-state index contributed by atoms with van der Waals surface area (Å²) < 4.78 is 63.5. The van der Waals surface area contributed by atoms with E-state index < -0.39 is 27.6 Å². The smallest absolute Gasteiger partial charge is 0.410 e. The summed E-state index contributed by atoms with van der Waals surface area (Å²) in [5.74, 6) is -1.67. The molecule has 4 rings (SSSR count). The van der Waals surface area contributed by atoms with E-state index in [1.165, 1.54) is 4.90 Å². The Hall–Kier alpha value is -2.28. The first-order valence-corrected chi connectivity index (χ1v) is 16.8. The Bertz CT molecular complexity index is 1260. The van der Waals surface area contributed by atoms with Crippen LogP contribution in [0.25, 0.3) is 0 Å². The molecule has 0 unspecified atom stereocenters. The number of carbonyl (C=O) groups excluding carboxylic acids is 1. The van der Waals surface area contributed by atoms with Crippen LogP contribution in [0.4, 0.5) is 25.3 Å². The average molecular weight is 615 g/mol. The standard InChI is InChI=1S/C29H48F2N6O4S/c1-8-14-36(26(38)41-27(4,5)6)15-13-33-42(39,40)17-22-21-16-37(18-28(21,22)7)24-20-9-11-29(30,31)23(20)34-25(35-24)32-12-10-19(2)3/h19,21-22,33H,8-18H2,1-7H3,(H,32,34,35)/t21-,22-,28-/m1/s1. The van der Waals surface area contributed by atoms with E-state index >= 15 is 0 Å². The number of nitrogens with one attached hydrogen (secondary N) is 2. The van der Waals surface area contributed by atoms with Crippen molar-refractivity contribution in [1.29, 1.82) is 0 Å². The molecule has 42 heavy (non-hydrogen) atoms. The fraction of sp³-hybridized carbons (Fsp3) is 0.828. The summed E-state index contributed by atoms with van der Waals surface area (Å²) in [6.07, 6.45) is 1.09. The van der Waals surface area contributed by atoms with E-state index in [9.17, 15) is 22.0 Å². The predicted molar refractivity (Wildman–Crippen MR) is 159 cm³/mol. The minimum absolute atomic E-state index is 0.00974.